The summed E-state index contributed by atoms with van der Waals surface area (Å²) in [7, 11) is 2.03. The second-order valence-electron chi connectivity index (χ2n) is 5.98. The maximum Gasteiger partial charge on any atom is 0.0971 e. The zero-order valence-corrected chi connectivity index (χ0v) is 13.0. The van der Waals surface area contributed by atoms with Gasteiger partial charge in [0.15, 0.2) is 0 Å². The highest BCUT2D eigenvalue weighted by molar-refractivity contribution is 5.37. The highest BCUT2D eigenvalue weighted by Crippen LogP contribution is 2.14. The smallest absolute Gasteiger partial charge is 0.0971 e. The molecule has 0 aliphatic carbocycles. The Bertz CT molecular complexity index is 599. The van der Waals surface area contributed by atoms with E-state index in [-0.39, 0.29) is 0 Å². The maximum atomic E-state index is 4.62. The van der Waals surface area contributed by atoms with Crippen molar-refractivity contribution < 1.29 is 0 Å². The van der Waals surface area contributed by atoms with E-state index < -0.39 is 0 Å². The van der Waals surface area contributed by atoms with E-state index in [0.717, 1.165) is 31.0 Å². The molecule has 1 atom stereocenters. The highest BCUT2D eigenvalue weighted by Gasteiger charge is 2.21. The molecule has 1 N–H and O–H groups in total. The van der Waals surface area contributed by atoms with E-state index in [2.05, 4.69) is 52.5 Å². The predicted molar refractivity (Wildman–Crippen MR) is 83.6 cm³/mol. The first-order valence-corrected chi connectivity index (χ1v) is 7.53. The van der Waals surface area contributed by atoms with Gasteiger partial charge in [-0.05, 0) is 50.6 Å². The van der Waals surface area contributed by atoms with Gasteiger partial charge in [-0.1, -0.05) is 6.07 Å². The molecule has 1 aromatic heterocycles. The van der Waals surface area contributed by atoms with Gasteiger partial charge in [0.05, 0.1) is 17.6 Å². The molecule has 1 aromatic carbocycles. The second kappa shape index (κ2) is 5.95. The van der Waals surface area contributed by atoms with Crippen LogP contribution in [0.4, 0.5) is 0 Å². The van der Waals surface area contributed by atoms with Crippen LogP contribution in [0, 0.1) is 13.8 Å². The average Bonchev–Trinajstić information content (AvgIpc) is 3.07. The van der Waals surface area contributed by atoms with E-state index in [1.807, 2.05) is 13.2 Å². The number of hydrogen-bond acceptors (Lipinski definition) is 4. The van der Waals surface area contributed by atoms with Crippen LogP contribution < -0.4 is 5.32 Å². The first kappa shape index (κ1) is 14.2. The van der Waals surface area contributed by atoms with Gasteiger partial charge < -0.3 is 5.32 Å². The molecule has 0 bridgehead atoms. The number of nitrogens with one attached hydrogen (secondary N) is 1. The second-order valence-corrected chi connectivity index (χ2v) is 5.98. The van der Waals surface area contributed by atoms with E-state index in [1.54, 1.807) is 4.80 Å². The summed E-state index contributed by atoms with van der Waals surface area (Å²) < 4.78 is 0. The fourth-order valence-corrected chi connectivity index (χ4v) is 3.00. The molecular weight excluding hydrogens is 262 g/mol. The molecule has 5 nitrogen and oxygen atoms in total. The molecule has 1 fully saturated rings. The van der Waals surface area contributed by atoms with Crippen LogP contribution >= 0.6 is 0 Å². The minimum absolute atomic E-state index is 0.611. The minimum Gasteiger partial charge on any atom is -0.316 e. The van der Waals surface area contributed by atoms with Crippen LogP contribution in [-0.2, 0) is 6.54 Å². The summed E-state index contributed by atoms with van der Waals surface area (Å²) >= 11 is 0. The van der Waals surface area contributed by atoms with E-state index in [1.165, 1.54) is 17.5 Å². The lowest BCUT2D eigenvalue weighted by Gasteiger charge is -2.13. The summed E-state index contributed by atoms with van der Waals surface area (Å²) in [5, 5.41) is 12.4. The summed E-state index contributed by atoms with van der Waals surface area (Å²) in [6, 6.07) is 7.00. The predicted octanol–water partition coefficient (Wildman–Crippen LogP) is 1.68. The summed E-state index contributed by atoms with van der Waals surface area (Å²) in [5.74, 6) is 0. The number of benzene rings is 1. The molecule has 21 heavy (non-hydrogen) atoms. The fraction of sp³-hybridized carbons (Fsp3) is 0.500. The summed E-state index contributed by atoms with van der Waals surface area (Å²) in [6.45, 7) is 7.30. The molecule has 0 amide bonds. The molecule has 2 heterocycles. The topological polar surface area (TPSA) is 46.0 Å². The van der Waals surface area contributed by atoms with Crippen LogP contribution in [0.15, 0.2) is 24.4 Å². The maximum absolute atomic E-state index is 4.62. The zero-order chi connectivity index (χ0) is 14.8. The summed E-state index contributed by atoms with van der Waals surface area (Å²) in [5.41, 5.74) is 4.54. The Kier molecular flexibility index (Phi) is 4.03. The van der Waals surface area contributed by atoms with Crippen molar-refractivity contribution >= 4 is 0 Å². The minimum atomic E-state index is 0.611. The van der Waals surface area contributed by atoms with Gasteiger partial charge in [0.1, 0.15) is 0 Å². The van der Waals surface area contributed by atoms with E-state index >= 15 is 0 Å². The third-order valence-corrected chi connectivity index (χ3v) is 4.04. The molecule has 112 valence electrons. The van der Waals surface area contributed by atoms with Crippen LogP contribution in [0.25, 0.3) is 5.69 Å². The quantitative estimate of drug-likeness (QED) is 0.928. The van der Waals surface area contributed by atoms with Gasteiger partial charge in [0, 0.05) is 25.7 Å². The number of likely N-dealkylation sites (tertiary alicyclic amines) is 1. The van der Waals surface area contributed by atoms with Crippen molar-refractivity contribution in [1.82, 2.24) is 25.2 Å². The largest absolute Gasteiger partial charge is 0.316 e. The molecule has 0 saturated carbocycles. The Hall–Kier alpha value is -1.72. The monoisotopic (exact) mass is 285 g/mol. The van der Waals surface area contributed by atoms with Crippen LogP contribution in [0.3, 0.4) is 0 Å². The molecule has 1 aliphatic heterocycles. The molecule has 2 aromatic rings. The summed E-state index contributed by atoms with van der Waals surface area (Å²) in [6.07, 6.45) is 3.09. The van der Waals surface area contributed by atoms with Crippen LogP contribution in [0.2, 0.25) is 0 Å². The molecule has 1 saturated heterocycles. The Morgan fingerprint density at radius 2 is 2.00 bits per heavy atom. The lowest BCUT2D eigenvalue weighted by molar-refractivity contribution is 0.318. The van der Waals surface area contributed by atoms with Crippen molar-refractivity contribution in [3.8, 4) is 5.69 Å². The SMILES string of the molecule is CN[C@@H]1CCN(Cc2cnn(-c3cc(C)cc(C)c3)n2)C1. The number of aryl methyl sites for hydroxylation is 2. The van der Waals surface area contributed by atoms with Gasteiger partial charge in [0.2, 0.25) is 0 Å². The van der Waals surface area contributed by atoms with Crippen molar-refractivity contribution in [2.24, 2.45) is 0 Å². The standard InChI is InChI=1S/C16H23N5/c1-12-6-13(2)8-16(7-12)21-18-9-15(19-21)11-20-5-4-14(10-20)17-3/h6-9,14,17H,4-5,10-11H2,1-3H3/t14-/m1/s1. The number of aromatic nitrogens is 3. The molecular formula is C16H23N5. The van der Waals surface area contributed by atoms with E-state index in [9.17, 15) is 0 Å². The highest BCUT2D eigenvalue weighted by atomic mass is 15.5. The van der Waals surface area contributed by atoms with Gasteiger partial charge >= 0.3 is 0 Å². The molecule has 3 rings (SSSR count). The normalized spacial score (nSPS) is 19.3. The first-order chi connectivity index (χ1) is 10.1. The lowest BCUT2D eigenvalue weighted by atomic mass is 10.1. The number of nitrogens with zero attached hydrogens (tertiary/aromatic N) is 4. The van der Waals surface area contributed by atoms with Crippen molar-refractivity contribution in [1.29, 1.82) is 0 Å². The van der Waals surface area contributed by atoms with Crippen molar-refractivity contribution in [2.75, 3.05) is 20.1 Å². The van der Waals surface area contributed by atoms with E-state index in [0.29, 0.717) is 6.04 Å². The average molecular weight is 285 g/mol. The molecule has 1 aliphatic rings. The summed E-state index contributed by atoms with van der Waals surface area (Å²) in [4.78, 5) is 4.16. The van der Waals surface area contributed by atoms with Crippen molar-refractivity contribution in [3.05, 3.63) is 41.2 Å². The first-order valence-electron chi connectivity index (χ1n) is 7.53. The van der Waals surface area contributed by atoms with Crippen molar-refractivity contribution in [2.45, 2.75) is 32.9 Å². The number of rotatable bonds is 4. The van der Waals surface area contributed by atoms with Gasteiger partial charge in [0.25, 0.3) is 0 Å². The van der Waals surface area contributed by atoms with Gasteiger partial charge in [-0.25, -0.2) is 0 Å². The van der Waals surface area contributed by atoms with Crippen molar-refractivity contribution in [3.63, 3.8) is 0 Å². The molecule has 0 unspecified atom stereocenters. The Labute approximate surface area is 126 Å². The van der Waals surface area contributed by atoms with Gasteiger partial charge in [-0.15, -0.1) is 0 Å². The Balaban J connectivity index is 1.71. The number of hydrogen-bond donors (Lipinski definition) is 1. The van der Waals surface area contributed by atoms with E-state index in [4.69, 9.17) is 0 Å². The fourth-order valence-electron chi connectivity index (χ4n) is 3.00. The Morgan fingerprint density at radius 1 is 1.24 bits per heavy atom. The molecule has 5 heteroatoms. The van der Waals surface area contributed by atoms with Crippen LogP contribution in [0.1, 0.15) is 23.2 Å². The van der Waals surface area contributed by atoms with Crippen LogP contribution in [0.5, 0.6) is 0 Å². The Morgan fingerprint density at radius 3 is 2.67 bits per heavy atom. The third kappa shape index (κ3) is 3.31. The zero-order valence-electron chi connectivity index (χ0n) is 13.0. The third-order valence-electron chi connectivity index (χ3n) is 4.04. The molecule has 0 radical (unpaired) electrons. The van der Waals surface area contributed by atoms with Crippen LogP contribution in [-0.4, -0.2) is 46.1 Å². The number of likely N-dealkylation sites (N-methyl/N-ethyl adjacent to an activating group) is 1. The van der Waals surface area contributed by atoms with Gasteiger partial charge in [-0.3, -0.25) is 4.90 Å². The van der Waals surface area contributed by atoms with Gasteiger partial charge in [-0.2, -0.15) is 15.0 Å². The lowest BCUT2D eigenvalue weighted by Crippen LogP contribution is -2.29. The molecule has 0 spiro atoms.